The Morgan fingerprint density at radius 1 is 1.31 bits per heavy atom. The summed E-state index contributed by atoms with van der Waals surface area (Å²) >= 11 is 0. The van der Waals surface area contributed by atoms with E-state index in [9.17, 15) is 0 Å². The number of nitrogens with zero attached hydrogens (tertiary/aromatic N) is 2. The predicted octanol–water partition coefficient (Wildman–Crippen LogP) is 1.65. The molecular weight excluding hydrogens is 162 g/mol. The van der Waals surface area contributed by atoms with Crippen molar-refractivity contribution in [2.75, 3.05) is 0 Å². The van der Waals surface area contributed by atoms with Crippen molar-refractivity contribution in [1.29, 1.82) is 5.26 Å². The van der Waals surface area contributed by atoms with Crippen molar-refractivity contribution in [2.24, 2.45) is 11.8 Å². The van der Waals surface area contributed by atoms with Crippen LogP contribution >= 0.6 is 0 Å². The number of hydrogen-bond acceptors (Lipinski definition) is 3. The molecule has 0 bridgehead atoms. The van der Waals surface area contributed by atoms with Crippen LogP contribution in [0.5, 0.6) is 0 Å². The maximum atomic E-state index is 9.16. The van der Waals surface area contributed by atoms with Gasteiger partial charge in [-0.2, -0.15) is 5.26 Å². The molecule has 0 radical (unpaired) electrons. The molecule has 1 unspecified atom stereocenters. The van der Waals surface area contributed by atoms with E-state index in [-0.39, 0.29) is 5.54 Å². The zero-order valence-corrected chi connectivity index (χ0v) is 8.96. The van der Waals surface area contributed by atoms with Crippen LogP contribution in [0, 0.1) is 17.2 Å². The second-order valence-electron chi connectivity index (χ2n) is 5.07. The van der Waals surface area contributed by atoms with Crippen LogP contribution in [0.4, 0.5) is 0 Å². The van der Waals surface area contributed by atoms with Gasteiger partial charge in [0.2, 0.25) is 0 Å². The average Bonchev–Trinajstić information content (AvgIpc) is 2.82. The normalized spacial score (nSPS) is 22.5. The molecule has 3 nitrogen and oxygen atoms in total. The molecule has 1 aliphatic carbocycles. The maximum Gasteiger partial charge on any atom is 0.122 e. The summed E-state index contributed by atoms with van der Waals surface area (Å²) in [6, 6.07) is 2.35. The summed E-state index contributed by atoms with van der Waals surface area (Å²) in [6.45, 7) is 8.04. The lowest BCUT2D eigenvalue weighted by Crippen LogP contribution is -2.60. The van der Waals surface area contributed by atoms with E-state index in [0.717, 1.165) is 12.8 Å². The summed E-state index contributed by atoms with van der Waals surface area (Å²) in [5.74, 6) is 6.45. The molecule has 1 fully saturated rings. The fraction of sp³-hybridized carbons (Fsp3) is 0.900. The van der Waals surface area contributed by atoms with Crippen molar-refractivity contribution in [2.45, 2.75) is 51.6 Å². The third kappa shape index (κ3) is 1.84. The van der Waals surface area contributed by atoms with Crippen LogP contribution in [-0.2, 0) is 0 Å². The molecule has 0 heterocycles. The molecule has 1 rings (SSSR count). The Bertz CT molecular complexity index is 232. The summed E-state index contributed by atoms with van der Waals surface area (Å²) < 4.78 is 0. The van der Waals surface area contributed by atoms with Gasteiger partial charge in [-0.1, -0.05) is 0 Å². The molecule has 0 amide bonds. The van der Waals surface area contributed by atoms with Gasteiger partial charge in [0.25, 0.3) is 0 Å². The Hall–Kier alpha value is -0.590. The van der Waals surface area contributed by atoms with Gasteiger partial charge in [-0.05, 0) is 46.5 Å². The van der Waals surface area contributed by atoms with Crippen molar-refractivity contribution in [1.82, 2.24) is 5.01 Å². The minimum atomic E-state index is -0.488. The number of hydrazine groups is 1. The monoisotopic (exact) mass is 181 g/mol. The van der Waals surface area contributed by atoms with Gasteiger partial charge in [0, 0.05) is 5.54 Å². The Kier molecular flexibility index (Phi) is 2.40. The highest BCUT2D eigenvalue weighted by Gasteiger charge is 2.48. The molecule has 0 spiro atoms. The summed E-state index contributed by atoms with van der Waals surface area (Å²) in [6.07, 6.45) is 2.27. The lowest BCUT2D eigenvalue weighted by atomic mass is 9.92. The van der Waals surface area contributed by atoms with Crippen LogP contribution in [0.3, 0.4) is 0 Å². The highest BCUT2D eigenvalue weighted by Crippen LogP contribution is 2.43. The molecule has 0 aromatic rings. The molecule has 0 saturated heterocycles. The van der Waals surface area contributed by atoms with Crippen molar-refractivity contribution >= 4 is 0 Å². The number of hydrogen-bond donors (Lipinski definition) is 1. The molecule has 13 heavy (non-hydrogen) atoms. The molecule has 74 valence electrons. The van der Waals surface area contributed by atoms with Gasteiger partial charge < -0.3 is 0 Å². The Morgan fingerprint density at radius 2 is 1.77 bits per heavy atom. The maximum absolute atomic E-state index is 9.16. The van der Waals surface area contributed by atoms with E-state index < -0.39 is 5.54 Å². The van der Waals surface area contributed by atoms with E-state index in [4.69, 9.17) is 11.1 Å². The minimum Gasteiger partial charge on any atom is -0.267 e. The minimum absolute atomic E-state index is 0.146. The zero-order valence-electron chi connectivity index (χ0n) is 8.96. The summed E-state index contributed by atoms with van der Waals surface area (Å²) in [5, 5.41) is 10.9. The van der Waals surface area contributed by atoms with Crippen LogP contribution in [0.25, 0.3) is 0 Å². The van der Waals surface area contributed by atoms with Crippen LogP contribution in [0.15, 0.2) is 0 Å². The van der Waals surface area contributed by atoms with Gasteiger partial charge in [-0.25, -0.2) is 5.01 Å². The summed E-state index contributed by atoms with van der Waals surface area (Å²) in [7, 11) is 0. The zero-order chi connectivity index (χ0) is 10.3. The lowest BCUT2D eigenvalue weighted by Gasteiger charge is -2.41. The van der Waals surface area contributed by atoms with E-state index in [2.05, 4.69) is 6.07 Å². The smallest absolute Gasteiger partial charge is 0.122 e. The van der Waals surface area contributed by atoms with E-state index in [1.165, 1.54) is 0 Å². The molecule has 0 aromatic carbocycles. The molecule has 1 aliphatic rings. The van der Waals surface area contributed by atoms with Crippen molar-refractivity contribution in [3.63, 3.8) is 0 Å². The van der Waals surface area contributed by atoms with Gasteiger partial charge in [0.05, 0.1) is 6.07 Å². The standard InChI is InChI=1S/C10H19N3/c1-9(2,3)13(12)10(4,7-11)8-5-6-8/h8H,5-6,12H2,1-4H3. The van der Waals surface area contributed by atoms with E-state index in [1.807, 2.05) is 27.7 Å². The quantitative estimate of drug-likeness (QED) is 0.520. The van der Waals surface area contributed by atoms with Crippen LogP contribution in [0.2, 0.25) is 0 Å². The first-order chi connectivity index (χ1) is 5.82. The highest BCUT2D eigenvalue weighted by molar-refractivity contribution is 5.14. The Morgan fingerprint density at radius 3 is 2.00 bits per heavy atom. The molecule has 1 atom stereocenters. The van der Waals surface area contributed by atoms with Crippen molar-refractivity contribution in [3.8, 4) is 6.07 Å². The van der Waals surface area contributed by atoms with Crippen molar-refractivity contribution < 1.29 is 0 Å². The SMILES string of the molecule is CC(C)(C)N(N)C(C)(C#N)C1CC1. The molecule has 2 N–H and O–H groups in total. The number of nitrogens with two attached hydrogens (primary N) is 1. The number of nitriles is 1. The van der Waals surface area contributed by atoms with Gasteiger partial charge >= 0.3 is 0 Å². The fourth-order valence-corrected chi connectivity index (χ4v) is 1.68. The largest absolute Gasteiger partial charge is 0.267 e. The molecular formula is C10H19N3. The second kappa shape index (κ2) is 2.97. The summed E-state index contributed by atoms with van der Waals surface area (Å²) in [4.78, 5) is 0. The molecule has 0 aromatic heterocycles. The second-order valence-corrected chi connectivity index (χ2v) is 5.07. The summed E-state index contributed by atoms with van der Waals surface area (Å²) in [5.41, 5.74) is -0.634. The molecule has 0 aliphatic heterocycles. The first-order valence-electron chi connectivity index (χ1n) is 4.78. The first kappa shape index (κ1) is 10.5. The van der Waals surface area contributed by atoms with Crippen LogP contribution < -0.4 is 5.84 Å². The Balaban J connectivity index is 2.83. The van der Waals surface area contributed by atoms with Crippen molar-refractivity contribution in [3.05, 3.63) is 0 Å². The van der Waals surface area contributed by atoms with E-state index in [0.29, 0.717) is 5.92 Å². The average molecular weight is 181 g/mol. The highest BCUT2D eigenvalue weighted by atomic mass is 15.5. The third-order valence-corrected chi connectivity index (χ3v) is 2.82. The van der Waals surface area contributed by atoms with Gasteiger partial charge in [0.1, 0.15) is 5.54 Å². The first-order valence-corrected chi connectivity index (χ1v) is 4.78. The van der Waals surface area contributed by atoms with Gasteiger partial charge in [0.15, 0.2) is 0 Å². The Labute approximate surface area is 80.5 Å². The van der Waals surface area contributed by atoms with E-state index >= 15 is 0 Å². The van der Waals surface area contributed by atoms with Gasteiger partial charge in [-0.3, -0.25) is 5.84 Å². The number of rotatable bonds is 2. The topological polar surface area (TPSA) is 53.0 Å². The molecule has 1 saturated carbocycles. The van der Waals surface area contributed by atoms with E-state index in [1.54, 1.807) is 5.01 Å². The predicted molar refractivity (Wildman–Crippen MR) is 52.5 cm³/mol. The third-order valence-electron chi connectivity index (χ3n) is 2.82. The lowest BCUT2D eigenvalue weighted by molar-refractivity contribution is 0.0358. The van der Waals surface area contributed by atoms with Gasteiger partial charge in [-0.15, -0.1) is 0 Å². The fourth-order valence-electron chi connectivity index (χ4n) is 1.68. The molecule has 3 heteroatoms. The van der Waals surface area contributed by atoms with Crippen LogP contribution in [-0.4, -0.2) is 16.1 Å². The van der Waals surface area contributed by atoms with Crippen LogP contribution in [0.1, 0.15) is 40.5 Å².